The molecule has 5 heteroatoms. The van der Waals surface area contributed by atoms with Crippen LogP contribution in [0.25, 0.3) is 11.3 Å². The lowest BCUT2D eigenvalue weighted by molar-refractivity contribution is 0.184. The molecule has 0 spiro atoms. The minimum atomic E-state index is -0.261. The number of aromatic nitrogens is 2. The molecule has 0 fully saturated rings. The Balaban J connectivity index is 2.36. The van der Waals surface area contributed by atoms with Gasteiger partial charge in [0.05, 0.1) is 18.8 Å². The standard InChI is InChI=1S/C13H16FN3O/c1-9-12(10-3-5-11(14)6-4-10)16-17(13(9)15)7-8-18-2/h3-6H,7-8,15H2,1-2H3. The zero-order chi connectivity index (χ0) is 13.1. The number of hydrogen-bond donors (Lipinski definition) is 1. The minimum absolute atomic E-state index is 0.261. The third-order valence-electron chi connectivity index (χ3n) is 2.86. The molecule has 0 bridgehead atoms. The van der Waals surface area contributed by atoms with Gasteiger partial charge in [0.1, 0.15) is 11.6 Å². The Morgan fingerprint density at radius 3 is 2.61 bits per heavy atom. The maximum atomic E-state index is 12.9. The van der Waals surface area contributed by atoms with Crippen LogP contribution in [0, 0.1) is 12.7 Å². The number of hydrogen-bond acceptors (Lipinski definition) is 3. The Bertz CT molecular complexity index is 534. The van der Waals surface area contributed by atoms with Crippen LogP contribution >= 0.6 is 0 Å². The first-order chi connectivity index (χ1) is 8.63. The van der Waals surface area contributed by atoms with Gasteiger partial charge >= 0.3 is 0 Å². The molecule has 2 N–H and O–H groups in total. The van der Waals surface area contributed by atoms with Crippen LogP contribution in [-0.2, 0) is 11.3 Å². The van der Waals surface area contributed by atoms with Crippen LogP contribution in [0.15, 0.2) is 24.3 Å². The van der Waals surface area contributed by atoms with E-state index in [1.54, 1.807) is 23.9 Å². The highest BCUT2D eigenvalue weighted by atomic mass is 19.1. The molecule has 1 aromatic carbocycles. The minimum Gasteiger partial charge on any atom is -0.384 e. The van der Waals surface area contributed by atoms with Gasteiger partial charge in [-0.2, -0.15) is 5.10 Å². The molecule has 1 heterocycles. The lowest BCUT2D eigenvalue weighted by Gasteiger charge is -2.02. The monoisotopic (exact) mass is 249 g/mol. The number of nitrogens with zero attached hydrogens (tertiary/aromatic N) is 2. The fourth-order valence-electron chi connectivity index (χ4n) is 1.79. The summed E-state index contributed by atoms with van der Waals surface area (Å²) in [5, 5.41) is 4.44. The highest BCUT2D eigenvalue weighted by molar-refractivity contribution is 5.67. The third kappa shape index (κ3) is 2.36. The Hall–Kier alpha value is -1.88. The van der Waals surface area contributed by atoms with Crippen molar-refractivity contribution in [3.05, 3.63) is 35.6 Å². The third-order valence-corrected chi connectivity index (χ3v) is 2.86. The lowest BCUT2D eigenvalue weighted by atomic mass is 10.1. The van der Waals surface area contributed by atoms with Gasteiger partial charge in [0.15, 0.2) is 0 Å². The van der Waals surface area contributed by atoms with Gasteiger partial charge < -0.3 is 10.5 Å². The first kappa shape index (κ1) is 12.6. The zero-order valence-corrected chi connectivity index (χ0v) is 10.5. The molecule has 4 nitrogen and oxygen atoms in total. The summed E-state index contributed by atoms with van der Waals surface area (Å²) in [6.07, 6.45) is 0. The number of rotatable bonds is 4. The average molecular weight is 249 g/mol. The van der Waals surface area contributed by atoms with Gasteiger partial charge in [-0.25, -0.2) is 9.07 Å². The van der Waals surface area contributed by atoms with Crippen molar-refractivity contribution in [3.8, 4) is 11.3 Å². The van der Waals surface area contributed by atoms with E-state index in [0.717, 1.165) is 16.8 Å². The highest BCUT2D eigenvalue weighted by Crippen LogP contribution is 2.26. The molecule has 1 aromatic heterocycles. The number of ether oxygens (including phenoxy) is 1. The van der Waals surface area contributed by atoms with E-state index in [4.69, 9.17) is 10.5 Å². The van der Waals surface area contributed by atoms with Crippen LogP contribution in [-0.4, -0.2) is 23.5 Å². The summed E-state index contributed by atoms with van der Waals surface area (Å²) in [6.45, 7) is 3.06. The van der Waals surface area contributed by atoms with E-state index in [1.807, 2.05) is 6.92 Å². The lowest BCUT2D eigenvalue weighted by Crippen LogP contribution is -2.09. The van der Waals surface area contributed by atoms with Crippen LogP contribution in [0.2, 0.25) is 0 Å². The van der Waals surface area contributed by atoms with E-state index in [2.05, 4.69) is 5.10 Å². The van der Waals surface area contributed by atoms with Crippen molar-refractivity contribution in [1.82, 2.24) is 9.78 Å². The fourth-order valence-corrected chi connectivity index (χ4v) is 1.79. The molecule has 0 aliphatic rings. The Morgan fingerprint density at radius 1 is 1.33 bits per heavy atom. The van der Waals surface area contributed by atoms with Crippen molar-refractivity contribution < 1.29 is 9.13 Å². The molecule has 0 unspecified atom stereocenters. The summed E-state index contributed by atoms with van der Waals surface area (Å²) in [5.41, 5.74) is 8.52. The molecule has 2 rings (SSSR count). The molecule has 0 radical (unpaired) electrons. The van der Waals surface area contributed by atoms with Crippen LogP contribution in [0.1, 0.15) is 5.56 Å². The second kappa shape index (κ2) is 5.18. The first-order valence-electron chi connectivity index (χ1n) is 5.71. The van der Waals surface area contributed by atoms with Gasteiger partial charge in [-0.1, -0.05) is 0 Å². The Morgan fingerprint density at radius 2 is 2.00 bits per heavy atom. The summed E-state index contributed by atoms with van der Waals surface area (Å²) in [4.78, 5) is 0. The molecule has 0 aliphatic carbocycles. The average Bonchev–Trinajstić information content (AvgIpc) is 2.65. The Kier molecular flexibility index (Phi) is 3.62. The smallest absolute Gasteiger partial charge is 0.125 e. The van der Waals surface area contributed by atoms with Gasteiger partial charge in [-0.3, -0.25) is 0 Å². The predicted molar refractivity (Wildman–Crippen MR) is 68.6 cm³/mol. The SMILES string of the molecule is COCCn1nc(-c2ccc(F)cc2)c(C)c1N. The van der Waals surface area contributed by atoms with E-state index in [0.29, 0.717) is 19.0 Å². The molecule has 0 atom stereocenters. The largest absolute Gasteiger partial charge is 0.384 e. The van der Waals surface area contributed by atoms with E-state index in [-0.39, 0.29) is 5.82 Å². The van der Waals surface area contributed by atoms with Gasteiger partial charge in [-0.05, 0) is 31.2 Å². The van der Waals surface area contributed by atoms with Crippen molar-refractivity contribution >= 4 is 5.82 Å². The summed E-state index contributed by atoms with van der Waals surface area (Å²) in [5.74, 6) is 0.356. The number of nitrogens with two attached hydrogens (primary N) is 1. The highest BCUT2D eigenvalue weighted by Gasteiger charge is 2.13. The molecule has 0 saturated heterocycles. The number of nitrogen functional groups attached to an aromatic ring is 1. The Labute approximate surface area is 105 Å². The van der Waals surface area contributed by atoms with Gasteiger partial charge in [0, 0.05) is 18.2 Å². The van der Waals surface area contributed by atoms with E-state index < -0.39 is 0 Å². The number of benzene rings is 1. The number of methoxy groups -OCH3 is 1. The predicted octanol–water partition coefficient (Wildman–Crippen LogP) is 2.23. The van der Waals surface area contributed by atoms with Crippen molar-refractivity contribution in [2.75, 3.05) is 19.5 Å². The molecular weight excluding hydrogens is 233 g/mol. The van der Waals surface area contributed by atoms with Gasteiger partial charge in [0.2, 0.25) is 0 Å². The van der Waals surface area contributed by atoms with Crippen LogP contribution in [0.4, 0.5) is 10.2 Å². The topological polar surface area (TPSA) is 53.1 Å². The van der Waals surface area contributed by atoms with Crippen LogP contribution in [0.5, 0.6) is 0 Å². The summed E-state index contributed by atoms with van der Waals surface area (Å²) >= 11 is 0. The van der Waals surface area contributed by atoms with Crippen LogP contribution in [0.3, 0.4) is 0 Å². The van der Waals surface area contributed by atoms with Crippen molar-refractivity contribution in [3.63, 3.8) is 0 Å². The molecule has 18 heavy (non-hydrogen) atoms. The van der Waals surface area contributed by atoms with E-state index in [9.17, 15) is 4.39 Å². The maximum absolute atomic E-state index is 12.9. The normalized spacial score (nSPS) is 10.8. The summed E-state index contributed by atoms with van der Waals surface area (Å²) in [7, 11) is 1.63. The van der Waals surface area contributed by atoms with Gasteiger partial charge in [-0.15, -0.1) is 0 Å². The summed E-state index contributed by atoms with van der Waals surface area (Å²) < 4.78 is 19.6. The molecule has 2 aromatic rings. The molecule has 0 amide bonds. The second-order valence-corrected chi connectivity index (χ2v) is 4.08. The van der Waals surface area contributed by atoms with Crippen molar-refractivity contribution in [2.45, 2.75) is 13.5 Å². The van der Waals surface area contributed by atoms with E-state index >= 15 is 0 Å². The van der Waals surface area contributed by atoms with E-state index in [1.165, 1.54) is 12.1 Å². The van der Waals surface area contributed by atoms with Gasteiger partial charge in [0.25, 0.3) is 0 Å². The zero-order valence-electron chi connectivity index (χ0n) is 10.5. The van der Waals surface area contributed by atoms with Crippen molar-refractivity contribution in [1.29, 1.82) is 0 Å². The molecule has 0 saturated carbocycles. The molecular formula is C13H16FN3O. The molecule has 0 aliphatic heterocycles. The van der Waals surface area contributed by atoms with Crippen LogP contribution < -0.4 is 5.73 Å². The molecule has 96 valence electrons. The maximum Gasteiger partial charge on any atom is 0.125 e. The second-order valence-electron chi connectivity index (χ2n) is 4.08. The fraction of sp³-hybridized carbons (Fsp3) is 0.308. The first-order valence-corrected chi connectivity index (χ1v) is 5.71. The summed E-state index contributed by atoms with van der Waals surface area (Å²) in [6, 6.07) is 6.23. The van der Waals surface area contributed by atoms with Crippen molar-refractivity contribution in [2.24, 2.45) is 0 Å². The quantitative estimate of drug-likeness (QED) is 0.904. The number of halogens is 1. The number of anilines is 1.